The predicted octanol–water partition coefficient (Wildman–Crippen LogP) is 1.89. The van der Waals surface area contributed by atoms with Crippen molar-refractivity contribution in [3.8, 4) is 0 Å². The zero-order valence-corrected chi connectivity index (χ0v) is 12.4. The average Bonchev–Trinajstić information content (AvgIpc) is 3.19. The van der Waals surface area contributed by atoms with Gasteiger partial charge in [-0.25, -0.2) is 0 Å². The minimum atomic E-state index is -0.282. The van der Waals surface area contributed by atoms with E-state index >= 15 is 0 Å². The number of nitrogens with zero attached hydrogens (tertiary/aromatic N) is 1. The monoisotopic (exact) mass is 275 g/mol. The van der Waals surface area contributed by atoms with Crippen LogP contribution in [-0.4, -0.2) is 25.0 Å². The molecule has 1 aliphatic rings. The van der Waals surface area contributed by atoms with E-state index in [2.05, 4.69) is 36.2 Å². The zero-order chi connectivity index (χ0) is 14.5. The first kappa shape index (κ1) is 14.9. The van der Waals surface area contributed by atoms with Gasteiger partial charge in [0.15, 0.2) is 0 Å². The van der Waals surface area contributed by atoms with Gasteiger partial charge in [0.05, 0.1) is 6.54 Å². The molecule has 4 nitrogen and oxygen atoms in total. The van der Waals surface area contributed by atoms with Crippen molar-refractivity contribution in [1.82, 2.24) is 5.32 Å². The number of carbonyl (C=O) groups is 1. The van der Waals surface area contributed by atoms with E-state index in [-0.39, 0.29) is 12.5 Å². The fraction of sp³-hybridized carbons (Fsp3) is 0.562. The lowest BCUT2D eigenvalue weighted by atomic mass is 10.1. The molecule has 3 N–H and O–H groups in total. The first-order chi connectivity index (χ1) is 9.56. The number of amides is 1. The number of anilines is 1. The molecule has 1 amide bonds. The lowest BCUT2D eigenvalue weighted by molar-refractivity contribution is -0.116. The summed E-state index contributed by atoms with van der Waals surface area (Å²) in [5.74, 6) is 0.203. The highest BCUT2D eigenvalue weighted by Gasteiger charge is 2.21. The SMILES string of the molecule is CC(C)CN(CC(N)=O)c1ccccc1CNC1CC1. The minimum absolute atomic E-state index is 0.276. The Morgan fingerprint density at radius 1 is 1.40 bits per heavy atom. The fourth-order valence-corrected chi connectivity index (χ4v) is 2.39. The van der Waals surface area contributed by atoms with Crippen LogP contribution in [0, 0.1) is 5.92 Å². The molecule has 0 aliphatic heterocycles. The molecular formula is C16H25N3O. The number of nitrogens with one attached hydrogen (secondary N) is 1. The second-order valence-corrected chi connectivity index (χ2v) is 6.02. The van der Waals surface area contributed by atoms with E-state index in [1.807, 2.05) is 12.1 Å². The molecule has 1 aromatic rings. The topological polar surface area (TPSA) is 58.4 Å². The highest BCUT2D eigenvalue weighted by molar-refractivity contribution is 5.80. The van der Waals surface area contributed by atoms with Crippen molar-refractivity contribution >= 4 is 11.6 Å². The van der Waals surface area contributed by atoms with Crippen LogP contribution in [0.3, 0.4) is 0 Å². The Bertz CT molecular complexity index is 455. The van der Waals surface area contributed by atoms with Crippen LogP contribution in [0.1, 0.15) is 32.3 Å². The van der Waals surface area contributed by atoms with Gasteiger partial charge in [-0.15, -0.1) is 0 Å². The molecule has 0 aromatic heterocycles. The summed E-state index contributed by atoms with van der Waals surface area (Å²) in [6, 6.07) is 8.95. The van der Waals surface area contributed by atoms with E-state index < -0.39 is 0 Å². The quantitative estimate of drug-likeness (QED) is 0.761. The Morgan fingerprint density at radius 3 is 2.70 bits per heavy atom. The minimum Gasteiger partial charge on any atom is -0.368 e. The molecule has 110 valence electrons. The summed E-state index contributed by atoms with van der Waals surface area (Å²) >= 11 is 0. The Kier molecular flexibility index (Phi) is 5.01. The number of benzene rings is 1. The molecule has 0 spiro atoms. The highest BCUT2D eigenvalue weighted by atomic mass is 16.1. The second kappa shape index (κ2) is 6.75. The Labute approximate surface area is 121 Å². The van der Waals surface area contributed by atoms with Crippen molar-refractivity contribution in [2.75, 3.05) is 18.0 Å². The van der Waals surface area contributed by atoms with Crippen LogP contribution in [0.4, 0.5) is 5.69 Å². The molecule has 0 unspecified atom stereocenters. The first-order valence-electron chi connectivity index (χ1n) is 7.40. The number of para-hydroxylation sites is 1. The van der Waals surface area contributed by atoms with Crippen LogP contribution >= 0.6 is 0 Å². The van der Waals surface area contributed by atoms with Gasteiger partial charge < -0.3 is 16.0 Å². The van der Waals surface area contributed by atoms with Gasteiger partial charge in [0.2, 0.25) is 5.91 Å². The van der Waals surface area contributed by atoms with Crippen LogP contribution in [0.25, 0.3) is 0 Å². The number of hydrogen-bond acceptors (Lipinski definition) is 3. The van der Waals surface area contributed by atoms with E-state index in [0.717, 1.165) is 18.8 Å². The maximum atomic E-state index is 11.3. The van der Waals surface area contributed by atoms with Crippen molar-refractivity contribution in [3.05, 3.63) is 29.8 Å². The third kappa shape index (κ3) is 4.53. The van der Waals surface area contributed by atoms with E-state index in [4.69, 9.17) is 5.73 Å². The Balaban J connectivity index is 2.13. The standard InChI is InChI=1S/C16H25N3O/c1-12(2)10-19(11-16(17)20)15-6-4-3-5-13(15)9-18-14-7-8-14/h3-6,12,14,18H,7-11H2,1-2H3,(H2,17,20). The van der Waals surface area contributed by atoms with Crippen LogP contribution in [0.5, 0.6) is 0 Å². The molecule has 20 heavy (non-hydrogen) atoms. The molecule has 1 aliphatic carbocycles. The third-order valence-corrected chi connectivity index (χ3v) is 3.42. The number of rotatable bonds is 8. The van der Waals surface area contributed by atoms with E-state index in [9.17, 15) is 4.79 Å². The number of nitrogens with two attached hydrogens (primary N) is 1. The van der Waals surface area contributed by atoms with Gasteiger partial charge >= 0.3 is 0 Å². The second-order valence-electron chi connectivity index (χ2n) is 6.02. The summed E-state index contributed by atoms with van der Waals surface area (Å²) in [7, 11) is 0. The van der Waals surface area contributed by atoms with E-state index in [0.29, 0.717) is 12.0 Å². The summed E-state index contributed by atoms with van der Waals surface area (Å²) in [5, 5.41) is 3.53. The summed E-state index contributed by atoms with van der Waals surface area (Å²) in [6.45, 7) is 6.27. The molecule has 0 bridgehead atoms. The van der Waals surface area contributed by atoms with Gasteiger partial charge in [-0.2, -0.15) is 0 Å². The average molecular weight is 275 g/mol. The number of primary amides is 1. The highest BCUT2D eigenvalue weighted by Crippen LogP contribution is 2.24. The molecule has 0 saturated heterocycles. The van der Waals surface area contributed by atoms with Gasteiger partial charge in [-0.1, -0.05) is 32.0 Å². The first-order valence-corrected chi connectivity index (χ1v) is 7.40. The van der Waals surface area contributed by atoms with Gasteiger partial charge in [-0.3, -0.25) is 4.79 Å². The Hall–Kier alpha value is -1.55. The number of carbonyl (C=O) groups excluding carboxylic acids is 1. The van der Waals surface area contributed by atoms with Gasteiger partial charge in [0.25, 0.3) is 0 Å². The summed E-state index contributed by atoms with van der Waals surface area (Å²) < 4.78 is 0. The van der Waals surface area contributed by atoms with Crippen molar-refractivity contribution in [2.24, 2.45) is 11.7 Å². The maximum Gasteiger partial charge on any atom is 0.236 e. The lowest BCUT2D eigenvalue weighted by Crippen LogP contribution is -2.37. The molecule has 0 heterocycles. The van der Waals surface area contributed by atoms with E-state index in [1.165, 1.54) is 18.4 Å². The smallest absolute Gasteiger partial charge is 0.236 e. The van der Waals surface area contributed by atoms with Gasteiger partial charge in [-0.05, 0) is 30.4 Å². The van der Waals surface area contributed by atoms with E-state index in [1.54, 1.807) is 0 Å². The van der Waals surface area contributed by atoms with Gasteiger partial charge in [0.1, 0.15) is 0 Å². The molecule has 1 saturated carbocycles. The third-order valence-electron chi connectivity index (χ3n) is 3.42. The molecular weight excluding hydrogens is 250 g/mol. The molecule has 4 heteroatoms. The van der Waals surface area contributed by atoms with Crippen molar-refractivity contribution in [2.45, 2.75) is 39.3 Å². The van der Waals surface area contributed by atoms with Crippen molar-refractivity contribution in [3.63, 3.8) is 0 Å². The van der Waals surface area contributed by atoms with Crippen LogP contribution in [0.15, 0.2) is 24.3 Å². The zero-order valence-electron chi connectivity index (χ0n) is 12.4. The maximum absolute atomic E-state index is 11.3. The molecule has 1 aromatic carbocycles. The largest absolute Gasteiger partial charge is 0.368 e. The van der Waals surface area contributed by atoms with Gasteiger partial charge in [0, 0.05) is 24.8 Å². The molecule has 0 atom stereocenters. The fourth-order valence-electron chi connectivity index (χ4n) is 2.39. The molecule has 1 fully saturated rings. The van der Waals surface area contributed by atoms with Crippen LogP contribution in [-0.2, 0) is 11.3 Å². The summed E-state index contributed by atoms with van der Waals surface area (Å²) in [4.78, 5) is 13.4. The normalized spacial score (nSPS) is 14.6. The van der Waals surface area contributed by atoms with Crippen molar-refractivity contribution in [1.29, 1.82) is 0 Å². The number of hydrogen-bond donors (Lipinski definition) is 2. The summed E-state index contributed by atoms with van der Waals surface area (Å²) in [6.07, 6.45) is 2.55. The van der Waals surface area contributed by atoms with Crippen molar-refractivity contribution < 1.29 is 4.79 Å². The predicted molar refractivity (Wildman–Crippen MR) is 82.5 cm³/mol. The van der Waals surface area contributed by atoms with Crippen LogP contribution < -0.4 is 16.0 Å². The molecule has 0 radical (unpaired) electrons. The Morgan fingerprint density at radius 2 is 2.10 bits per heavy atom. The summed E-state index contributed by atoms with van der Waals surface area (Å²) in [5.41, 5.74) is 7.75. The molecule has 2 rings (SSSR count). The lowest BCUT2D eigenvalue weighted by Gasteiger charge is -2.27. The van der Waals surface area contributed by atoms with Crippen LogP contribution in [0.2, 0.25) is 0 Å².